The first-order chi connectivity index (χ1) is 6.72. The van der Waals surface area contributed by atoms with E-state index >= 15 is 0 Å². The zero-order chi connectivity index (χ0) is 10.0. The fourth-order valence-electron chi connectivity index (χ4n) is 2.08. The summed E-state index contributed by atoms with van der Waals surface area (Å²) in [5.41, 5.74) is 0. The number of furan rings is 1. The van der Waals surface area contributed by atoms with Gasteiger partial charge in [-0.1, -0.05) is 0 Å². The van der Waals surface area contributed by atoms with Gasteiger partial charge in [0.2, 0.25) is 5.76 Å². The summed E-state index contributed by atoms with van der Waals surface area (Å²) >= 11 is 0. The zero-order valence-electron chi connectivity index (χ0n) is 8.53. The van der Waals surface area contributed by atoms with E-state index in [0.717, 1.165) is 25.9 Å². The SMILES string of the molecule is C[N+]1(C(=O)c2ccco2)CCCCC1. The molecule has 1 aromatic rings. The van der Waals surface area contributed by atoms with Gasteiger partial charge in [0.25, 0.3) is 0 Å². The lowest BCUT2D eigenvalue weighted by Gasteiger charge is -2.33. The molecule has 0 aromatic carbocycles. The Morgan fingerprint density at radius 3 is 2.64 bits per heavy atom. The maximum atomic E-state index is 12.1. The van der Waals surface area contributed by atoms with E-state index in [1.807, 2.05) is 7.05 Å². The fraction of sp³-hybridized carbons (Fsp3) is 0.545. The van der Waals surface area contributed by atoms with E-state index in [0.29, 0.717) is 10.2 Å². The summed E-state index contributed by atoms with van der Waals surface area (Å²) in [7, 11) is 2.00. The second-order valence-electron chi connectivity index (χ2n) is 4.19. The molecular weight excluding hydrogens is 178 g/mol. The van der Waals surface area contributed by atoms with Crippen LogP contribution in [0.2, 0.25) is 0 Å². The molecule has 0 aliphatic carbocycles. The molecule has 2 heterocycles. The van der Waals surface area contributed by atoms with E-state index in [9.17, 15) is 4.79 Å². The van der Waals surface area contributed by atoms with E-state index < -0.39 is 0 Å². The summed E-state index contributed by atoms with van der Waals surface area (Å²) in [5, 5.41) is 0. The Bertz CT molecular complexity index is 310. The molecule has 3 heteroatoms. The van der Waals surface area contributed by atoms with Gasteiger partial charge in [0, 0.05) is 0 Å². The topological polar surface area (TPSA) is 30.2 Å². The fourth-order valence-corrected chi connectivity index (χ4v) is 2.08. The first kappa shape index (κ1) is 9.46. The molecule has 0 radical (unpaired) electrons. The number of carbonyl (C=O) groups is 1. The third-order valence-corrected chi connectivity index (χ3v) is 3.03. The minimum atomic E-state index is 0.120. The van der Waals surface area contributed by atoms with Gasteiger partial charge in [-0.25, -0.2) is 4.79 Å². The van der Waals surface area contributed by atoms with E-state index in [2.05, 4.69) is 0 Å². The molecule has 0 saturated carbocycles. The summed E-state index contributed by atoms with van der Waals surface area (Å²) in [6.45, 7) is 1.89. The van der Waals surface area contributed by atoms with Gasteiger partial charge in [-0.05, 0) is 31.4 Å². The lowest BCUT2D eigenvalue weighted by Crippen LogP contribution is -2.52. The number of piperidine rings is 1. The lowest BCUT2D eigenvalue weighted by atomic mass is 10.1. The highest BCUT2D eigenvalue weighted by Crippen LogP contribution is 2.20. The van der Waals surface area contributed by atoms with Crippen molar-refractivity contribution in [2.24, 2.45) is 0 Å². The summed E-state index contributed by atoms with van der Waals surface area (Å²) in [6.07, 6.45) is 5.09. The predicted molar refractivity (Wildman–Crippen MR) is 52.8 cm³/mol. The molecule has 76 valence electrons. The monoisotopic (exact) mass is 194 g/mol. The molecule has 1 amide bonds. The van der Waals surface area contributed by atoms with Crippen LogP contribution in [0.15, 0.2) is 22.8 Å². The summed E-state index contributed by atoms with van der Waals surface area (Å²) in [5.74, 6) is 0.615. The highest BCUT2D eigenvalue weighted by Gasteiger charge is 2.35. The molecule has 14 heavy (non-hydrogen) atoms. The quantitative estimate of drug-likeness (QED) is 0.640. The number of likely N-dealkylation sites (tertiary alicyclic amines) is 1. The van der Waals surface area contributed by atoms with Gasteiger partial charge in [0.1, 0.15) is 0 Å². The van der Waals surface area contributed by atoms with Crippen LogP contribution < -0.4 is 0 Å². The van der Waals surface area contributed by atoms with Crippen molar-refractivity contribution < 1.29 is 13.7 Å². The minimum absolute atomic E-state index is 0.120. The Morgan fingerprint density at radius 1 is 1.36 bits per heavy atom. The first-order valence-electron chi connectivity index (χ1n) is 5.15. The Balaban J connectivity index is 2.17. The summed E-state index contributed by atoms with van der Waals surface area (Å²) in [4.78, 5) is 12.1. The van der Waals surface area contributed by atoms with Crippen molar-refractivity contribution in [3.05, 3.63) is 24.2 Å². The van der Waals surface area contributed by atoms with Crippen molar-refractivity contribution in [1.29, 1.82) is 0 Å². The lowest BCUT2D eigenvalue weighted by molar-refractivity contribution is -0.834. The Labute approximate surface area is 83.9 Å². The van der Waals surface area contributed by atoms with Gasteiger partial charge in [0.05, 0.1) is 26.4 Å². The average molecular weight is 194 g/mol. The molecule has 0 bridgehead atoms. The molecule has 1 aliphatic heterocycles. The molecule has 3 nitrogen and oxygen atoms in total. The molecule has 2 rings (SSSR count). The molecule has 0 atom stereocenters. The Morgan fingerprint density at radius 2 is 2.07 bits per heavy atom. The van der Waals surface area contributed by atoms with Gasteiger partial charge in [0.15, 0.2) is 0 Å². The van der Waals surface area contributed by atoms with E-state index in [1.165, 1.54) is 6.42 Å². The maximum absolute atomic E-state index is 12.1. The zero-order valence-corrected chi connectivity index (χ0v) is 8.53. The van der Waals surface area contributed by atoms with Crippen molar-refractivity contribution in [3.8, 4) is 0 Å². The van der Waals surface area contributed by atoms with Gasteiger partial charge in [-0.15, -0.1) is 0 Å². The number of rotatable bonds is 1. The van der Waals surface area contributed by atoms with E-state index in [-0.39, 0.29) is 5.91 Å². The highest BCUT2D eigenvalue weighted by atomic mass is 16.3. The van der Waals surface area contributed by atoms with Crippen LogP contribution in [0.5, 0.6) is 0 Å². The van der Waals surface area contributed by atoms with Crippen LogP contribution in [0.4, 0.5) is 0 Å². The summed E-state index contributed by atoms with van der Waals surface area (Å²) < 4.78 is 5.66. The Kier molecular flexibility index (Phi) is 2.42. The number of carbonyl (C=O) groups excluding carboxylic acids is 1. The van der Waals surface area contributed by atoms with Crippen LogP contribution in [0, 0.1) is 0 Å². The van der Waals surface area contributed by atoms with E-state index in [1.54, 1.807) is 18.4 Å². The predicted octanol–water partition coefficient (Wildman–Crippen LogP) is 2.05. The number of amides is 1. The standard InChI is InChI=1S/C11H16NO2/c1-12(7-3-2-4-8-12)11(13)10-6-5-9-14-10/h5-6,9H,2-4,7-8H2,1H3/q+1. The van der Waals surface area contributed by atoms with Crippen molar-refractivity contribution in [2.45, 2.75) is 19.3 Å². The molecule has 1 fully saturated rings. The molecular formula is C11H16NO2+. The molecule has 0 N–H and O–H groups in total. The number of quaternary nitrogens is 1. The van der Waals surface area contributed by atoms with Gasteiger partial charge in [-0.2, -0.15) is 0 Å². The molecule has 1 saturated heterocycles. The van der Waals surface area contributed by atoms with Crippen molar-refractivity contribution in [2.75, 3.05) is 20.1 Å². The molecule has 1 aliphatic rings. The number of hydrogen-bond acceptors (Lipinski definition) is 2. The largest absolute Gasteiger partial charge is 0.455 e. The normalized spacial score (nSPS) is 20.6. The second kappa shape index (κ2) is 3.58. The van der Waals surface area contributed by atoms with Crippen LogP contribution in [0.3, 0.4) is 0 Å². The summed E-state index contributed by atoms with van der Waals surface area (Å²) in [6, 6.07) is 3.52. The van der Waals surface area contributed by atoms with Gasteiger partial charge >= 0.3 is 5.91 Å². The smallest absolute Gasteiger partial charge is 0.381 e. The molecule has 0 unspecified atom stereocenters. The van der Waals surface area contributed by atoms with Crippen molar-refractivity contribution >= 4 is 5.91 Å². The highest BCUT2D eigenvalue weighted by molar-refractivity contribution is 5.85. The molecule has 0 spiro atoms. The maximum Gasteiger partial charge on any atom is 0.381 e. The van der Waals surface area contributed by atoms with E-state index in [4.69, 9.17) is 4.42 Å². The van der Waals surface area contributed by atoms with Gasteiger partial charge in [-0.3, -0.25) is 4.48 Å². The second-order valence-corrected chi connectivity index (χ2v) is 4.19. The average Bonchev–Trinajstić information content (AvgIpc) is 2.70. The van der Waals surface area contributed by atoms with Crippen LogP contribution in [0.1, 0.15) is 29.8 Å². The van der Waals surface area contributed by atoms with Crippen LogP contribution >= 0.6 is 0 Å². The molecule has 1 aromatic heterocycles. The van der Waals surface area contributed by atoms with Crippen molar-refractivity contribution in [1.82, 2.24) is 0 Å². The van der Waals surface area contributed by atoms with Crippen LogP contribution in [0.25, 0.3) is 0 Å². The third kappa shape index (κ3) is 1.60. The van der Waals surface area contributed by atoms with Crippen LogP contribution in [-0.4, -0.2) is 30.5 Å². The van der Waals surface area contributed by atoms with Crippen molar-refractivity contribution in [3.63, 3.8) is 0 Å². The number of nitrogens with zero attached hydrogens (tertiary/aromatic N) is 1. The Hall–Kier alpha value is -1.09. The van der Waals surface area contributed by atoms with Crippen LogP contribution in [-0.2, 0) is 0 Å². The number of hydrogen-bond donors (Lipinski definition) is 0. The van der Waals surface area contributed by atoms with Gasteiger partial charge < -0.3 is 4.42 Å². The first-order valence-corrected chi connectivity index (χ1v) is 5.15. The third-order valence-electron chi connectivity index (χ3n) is 3.03. The minimum Gasteiger partial charge on any atom is -0.455 e.